The van der Waals surface area contributed by atoms with Crippen molar-refractivity contribution >= 4 is 10.4 Å². The van der Waals surface area contributed by atoms with E-state index in [-0.39, 0.29) is 23.4 Å². The van der Waals surface area contributed by atoms with E-state index in [1.165, 1.54) is 0 Å². The Labute approximate surface area is 63.9 Å². The van der Waals surface area contributed by atoms with Crippen molar-refractivity contribution in [1.29, 1.82) is 0 Å². The molecule has 0 aliphatic carbocycles. The van der Waals surface area contributed by atoms with Crippen LogP contribution in [0.2, 0.25) is 0 Å². The van der Waals surface area contributed by atoms with Crippen molar-refractivity contribution in [3.63, 3.8) is 0 Å². The van der Waals surface area contributed by atoms with Crippen LogP contribution in [-0.2, 0) is 27.2 Å². The van der Waals surface area contributed by atoms with E-state index in [1.54, 1.807) is 6.92 Å². The number of hydrogen-bond acceptors (Lipinski definition) is 5. The van der Waals surface area contributed by atoms with Gasteiger partial charge < -0.3 is 14.2 Å². The molecule has 0 fully saturated rings. The van der Waals surface area contributed by atoms with Crippen molar-refractivity contribution in [2.24, 2.45) is 0 Å². The molecule has 0 saturated heterocycles. The molecule has 9 heavy (non-hydrogen) atoms. The minimum Gasteiger partial charge on any atom is -0.759 e. The van der Waals surface area contributed by atoms with Crippen LogP contribution in [0.25, 0.3) is 0 Å². The Morgan fingerprint density at radius 3 is 1.44 bits per heavy atom. The van der Waals surface area contributed by atoms with Gasteiger partial charge in [0, 0.05) is 17.0 Å². The molecule has 0 amide bonds. The van der Waals surface area contributed by atoms with Crippen LogP contribution in [0.5, 0.6) is 0 Å². The molecule has 1 radical (unpaired) electrons. The van der Waals surface area contributed by atoms with E-state index in [0.717, 1.165) is 0 Å². The van der Waals surface area contributed by atoms with Crippen LogP contribution in [0.15, 0.2) is 0 Å². The average molecular weight is 201 g/mol. The molecule has 0 aromatic carbocycles. The van der Waals surface area contributed by atoms with Gasteiger partial charge in [-0.15, -0.1) is 0 Å². The van der Waals surface area contributed by atoms with Crippen LogP contribution in [0, 0.1) is 0 Å². The quantitative estimate of drug-likeness (QED) is 0.386. The second-order valence-electron chi connectivity index (χ2n) is 0.724. The number of hydrogen-bond donors (Lipinski definition) is 1. The second kappa shape index (κ2) is 8.34. The van der Waals surface area contributed by atoms with E-state index in [0.29, 0.717) is 0 Å². The molecule has 59 valence electrons. The fourth-order valence-electron chi connectivity index (χ4n) is 0. The molecule has 0 aromatic heterocycles. The summed E-state index contributed by atoms with van der Waals surface area (Å²) in [6, 6.07) is 0. The number of aliphatic hydroxyl groups is 1. The van der Waals surface area contributed by atoms with Gasteiger partial charge in [-0.2, -0.15) is 0 Å². The Morgan fingerprint density at radius 2 is 1.44 bits per heavy atom. The van der Waals surface area contributed by atoms with E-state index in [9.17, 15) is 0 Å². The van der Waals surface area contributed by atoms with Crippen molar-refractivity contribution in [3.05, 3.63) is 0 Å². The first kappa shape index (κ1) is 16.2. The van der Waals surface area contributed by atoms with Crippen LogP contribution in [-0.4, -0.2) is 29.2 Å². The third-order valence-corrected chi connectivity index (χ3v) is 0. The molecule has 0 unspecified atom stereocenters. The first-order valence-electron chi connectivity index (χ1n) is 1.69. The first-order valence-corrected chi connectivity index (χ1v) is 3.02. The predicted octanol–water partition coefficient (Wildman–Crippen LogP) is -1.34. The summed E-state index contributed by atoms with van der Waals surface area (Å²) in [5.41, 5.74) is 0. The minimum absolute atomic E-state index is 0. The zero-order valence-corrected chi connectivity index (χ0v) is 6.39. The fourth-order valence-corrected chi connectivity index (χ4v) is 0. The SMILES string of the molecule is CCO.O=S(=O)([O-])[O-].[Co+2]. The monoisotopic (exact) mass is 201 g/mol. The summed E-state index contributed by atoms with van der Waals surface area (Å²) in [6.45, 7) is 1.93. The molecule has 0 spiro atoms. The molecular formula is C2H6CoO5S. The van der Waals surface area contributed by atoms with Gasteiger partial charge in [-0.1, -0.05) is 0 Å². The Morgan fingerprint density at radius 1 is 1.44 bits per heavy atom. The minimum atomic E-state index is -5.17. The summed E-state index contributed by atoms with van der Waals surface area (Å²) in [6.07, 6.45) is 0. The molecule has 0 heterocycles. The molecule has 0 aliphatic heterocycles. The number of aliphatic hydroxyl groups excluding tert-OH is 1. The molecule has 5 nitrogen and oxygen atoms in total. The second-order valence-corrected chi connectivity index (χ2v) is 1.54. The summed E-state index contributed by atoms with van der Waals surface area (Å²) in [5, 5.41) is 7.57. The third-order valence-electron chi connectivity index (χ3n) is 0. The largest absolute Gasteiger partial charge is 2.00 e. The van der Waals surface area contributed by atoms with Crippen LogP contribution >= 0.6 is 0 Å². The fraction of sp³-hybridized carbons (Fsp3) is 1.00. The van der Waals surface area contributed by atoms with E-state index in [4.69, 9.17) is 22.6 Å². The molecule has 0 atom stereocenters. The summed E-state index contributed by atoms with van der Waals surface area (Å²) in [5.74, 6) is 0. The maximum absolute atomic E-state index is 8.52. The average Bonchev–Trinajstić information content (AvgIpc) is 1.27. The molecule has 0 aromatic rings. The number of rotatable bonds is 0. The van der Waals surface area contributed by atoms with Crippen LogP contribution in [0.3, 0.4) is 0 Å². The van der Waals surface area contributed by atoms with Gasteiger partial charge in [0.15, 0.2) is 0 Å². The van der Waals surface area contributed by atoms with Crippen LogP contribution < -0.4 is 0 Å². The van der Waals surface area contributed by atoms with E-state index in [1.807, 2.05) is 0 Å². The zero-order chi connectivity index (χ0) is 7.21. The normalized spacial score (nSPS) is 8.44. The van der Waals surface area contributed by atoms with E-state index < -0.39 is 10.4 Å². The van der Waals surface area contributed by atoms with Gasteiger partial charge in [0.25, 0.3) is 0 Å². The topological polar surface area (TPSA) is 100 Å². The van der Waals surface area contributed by atoms with E-state index >= 15 is 0 Å². The van der Waals surface area contributed by atoms with Gasteiger partial charge in [0.1, 0.15) is 0 Å². The summed E-state index contributed by atoms with van der Waals surface area (Å²) in [7, 11) is -5.17. The van der Waals surface area contributed by atoms with Gasteiger partial charge >= 0.3 is 16.8 Å². The zero-order valence-electron chi connectivity index (χ0n) is 4.53. The molecule has 0 aliphatic rings. The Kier molecular flexibility index (Phi) is 15.0. The summed E-state index contributed by atoms with van der Waals surface area (Å²) >= 11 is 0. The summed E-state index contributed by atoms with van der Waals surface area (Å²) in [4.78, 5) is 0. The van der Waals surface area contributed by atoms with Gasteiger partial charge in [-0.05, 0) is 6.92 Å². The Bertz CT molecular complexity index is 109. The van der Waals surface area contributed by atoms with Crippen molar-refractivity contribution in [2.75, 3.05) is 6.61 Å². The molecule has 7 heteroatoms. The van der Waals surface area contributed by atoms with Crippen LogP contribution in [0.1, 0.15) is 6.92 Å². The van der Waals surface area contributed by atoms with Crippen LogP contribution in [0.4, 0.5) is 0 Å². The van der Waals surface area contributed by atoms with Gasteiger partial charge in [0.05, 0.1) is 0 Å². The van der Waals surface area contributed by atoms with Gasteiger partial charge in [-0.3, -0.25) is 8.42 Å². The smallest absolute Gasteiger partial charge is 0.759 e. The van der Waals surface area contributed by atoms with Crippen molar-refractivity contribution in [2.45, 2.75) is 6.92 Å². The Hall–Kier alpha value is 0.336. The van der Waals surface area contributed by atoms with Crippen molar-refractivity contribution < 1.29 is 39.4 Å². The summed E-state index contributed by atoms with van der Waals surface area (Å²) < 4.78 is 34.1. The molecule has 0 bridgehead atoms. The first-order chi connectivity index (χ1) is 3.41. The maximum atomic E-state index is 8.52. The molecular weight excluding hydrogens is 195 g/mol. The third kappa shape index (κ3) is 2960. The van der Waals surface area contributed by atoms with Gasteiger partial charge in [0.2, 0.25) is 0 Å². The van der Waals surface area contributed by atoms with Crippen molar-refractivity contribution in [1.82, 2.24) is 0 Å². The predicted molar refractivity (Wildman–Crippen MR) is 23.2 cm³/mol. The Balaban J connectivity index is -0.0000000800. The van der Waals surface area contributed by atoms with Gasteiger partial charge in [-0.25, -0.2) is 0 Å². The molecule has 0 rings (SSSR count). The molecule has 1 N–H and O–H groups in total. The van der Waals surface area contributed by atoms with Crippen molar-refractivity contribution in [3.8, 4) is 0 Å². The van der Waals surface area contributed by atoms with E-state index in [2.05, 4.69) is 0 Å². The standard InChI is InChI=1S/C2H6O.Co.H2O4S/c1-2-3;;1-5(2,3)4/h3H,2H2,1H3;;(H2,1,2,3,4)/q;+2;/p-2. The molecule has 0 saturated carbocycles. The maximum Gasteiger partial charge on any atom is 2.00 e.